The maximum absolute atomic E-state index is 9.60. The molecule has 0 spiro atoms. The van der Waals surface area contributed by atoms with E-state index in [1.165, 1.54) is 5.69 Å². The van der Waals surface area contributed by atoms with Gasteiger partial charge in [0.25, 0.3) is 0 Å². The highest BCUT2D eigenvalue weighted by molar-refractivity contribution is 5.50. The zero-order valence-corrected chi connectivity index (χ0v) is 10.9. The fraction of sp³-hybridized carbons (Fsp3) is 0.571. The highest BCUT2D eigenvalue weighted by Gasteiger charge is 2.38. The molecule has 1 aliphatic heterocycles. The molecule has 1 N–H and O–H groups in total. The maximum atomic E-state index is 9.60. The van der Waals surface area contributed by atoms with E-state index in [1.807, 2.05) is 6.07 Å². The molecule has 0 amide bonds. The molecule has 0 saturated carbocycles. The number of hydrogen-bond donors (Lipinski definition) is 1. The molecule has 1 atom stereocenters. The summed E-state index contributed by atoms with van der Waals surface area (Å²) in [5.74, 6) is 0. The first kappa shape index (κ1) is 12.4. The molecule has 3 heteroatoms. The molecule has 0 aliphatic carbocycles. The molecule has 17 heavy (non-hydrogen) atoms. The van der Waals surface area contributed by atoms with Crippen molar-refractivity contribution < 1.29 is 5.11 Å². The number of likely N-dealkylation sites (N-methyl/N-ethyl adjacent to an activating group) is 1. The van der Waals surface area contributed by atoms with Gasteiger partial charge in [-0.3, -0.25) is 0 Å². The lowest BCUT2D eigenvalue weighted by molar-refractivity contribution is 0.137. The number of aliphatic hydroxyl groups excluding tert-OH is 1. The van der Waals surface area contributed by atoms with Crippen LogP contribution in [0, 0.1) is 0 Å². The lowest BCUT2D eigenvalue weighted by atomic mass is 9.94. The summed E-state index contributed by atoms with van der Waals surface area (Å²) in [6.07, 6.45) is 0. The molecule has 1 aromatic rings. The van der Waals surface area contributed by atoms with Gasteiger partial charge in [-0.2, -0.15) is 0 Å². The fourth-order valence-electron chi connectivity index (χ4n) is 3.03. The zero-order chi connectivity index (χ0) is 12.5. The van der Waals surface area contributed by atoms with Crippen molar-refractivity contribution in [2.45, 2.75) is 25.4 Å². The summed E-state index contributed by atoms with van der Waals surface area (Å²) in [5, 5.41) is 9.60. The molecule has 0 bridgehead atoms. The van der Waals surface area contributed by atoms with Crippen molar-refractivity contribution in [3.05, 3.63) is 30.3 Å². The van der Waals surface area contributed by atoms with E-state index in [2.05, 4.69) is 55.0 Å². The van der Waals surface area contributed by atoms with E-state index in [-0.39, 0.29) is 18.2 Å². The largest absolute Gasteiger partial charge is 0.394 e. The third-order valence-corrected chi connectivity index (χ3v) is 3.44. The van der Waals surface area contributed by atoms with E-state index in [9.17, 15) is 5.11 Å². The number of nitrogens with zero attached hydrogens (tertiary/aromatic N) is 2. The van der Waals surface area contributed by atoms with Crippen LogP contribution in [0.1, 0.15) is 13.8 Å². The first-order chi connectivity index (χ1) is 8.04. The normalized spacial score (nSPS) is 24.9. The Kier molecular flexibility index (Phi) is 3.40. The molecule has 1 unspecified atom stereocenters. The summed E-state index contributed by atoms with van der Waals surface area (Å²) >= 11 is 0. The highest BCUT2D eigenvalue weighted by atomic mass is 16.3. The first-order valence-corrected chi connectivity index (χ1v) is 6.18. The highest BCUT2D eigenvalue weighted by Crippen LogP contribution is 2.30. The van der Waals surface area contributed by atoms with Crippen LogP contribution in [0.25, 0.3) is 0 Å². The third kappa shape index (κ3) is 2.45. The van der Waals surface area contributed by atoms with Crippen molar-refractivity contribution in [1.29, 1.82) is 0 Å². The number of piperazine rings is 1. The Hall–Kier alpha value is -1.06. The van der Waals surface area contributed by atoms with Crippen LogP contribution in [-0.4, -0.2) is 48.3 Å². The summed E-state index contributed by atoms with van der Waals surface area (Å²) in [7, 11) is 2.12. The molecule has 1 aliphatic rings. The van der Waals surface area contributed by atoms with E-state index in [4.69, 9.17) is 0 Å². The second-order valence-corrected chi connectivity index (χ2v) is 5.55. The molecule has 3 nitrogen and oxygen atoms in total. The van der Waals surface area contributed by atoms with Gasteiger partial charge in [-0.25, -0.2) is 0 Å². The number of hydrogen-bond acceptors (Lipinski definition) is 3. The predicted octanol–water partition coefficient (Wildman–Crippen LogP) is 1.58. The second-order valence-electron chi connectivity index (χ2n) is 5.55. The van der Waals surface area contributed by atoms with Crippen LogP contribution in [0.4, 0.5) is 5.69 Å². The Morgan fingerprint density at radius 1 is 1.29 bits per heavy atom. The topological polar surface area (TPSA) is 26.7 Å². The van der Waals surface area contributed by atoms with E-state index in [1.54, 1.807) is 0 Å². The Labute approximate surface area is 104 Å². The van der Waals surface area contributed by atoms with Crippen LogP contribution in [0.15, 0.2) is 30.3 Å². The molecule has 0 radical (unpaired) electrons. The SMILES string of the molecule is CN1CC(CO)N(c2ccccc2)C(C)(C)C1. The Bertz CT molecular complexity index is 364. The number of rotatable bonds is 2. The average Bonchev–Trinajstić information content (AvgIpc) is 2.27. The van der Waals surface area contributed by atoms with Gasteiger partial charge in [0.05, 0.1) is 12.6 Å². The Balaban J connectivity index is 2.34. The van der Waals surface area contributed by atoms with Gasteiger partial charge in [0, 0.05) is 24.3 Å². The summed E-state index contributed by atoms with van der Waals surface area (Å²) in [6.45, 7) is 6.59. The van der Waals surface area contributed by atoms with Gasteiger partial charge < -0.3 is 14.9 Å². The van der Waals surface area contributed by atoms with Crippen LogP contribution in [0.2, 0.25) is 0 Å². The van der Waals surface area contributed by atoms with Gasteiger partial charge in [-0.15, -0.1) is 0 Å². The molecule has 1 aromatic carbocycles. The lowest BCUT2D eigenvalue weighted by Gasteiger charge is -2.52. The van der Waals surface area contributed by atoms with E-state index in [0.717, 1.165) is 13.1 Å². The number of aliphatic hydroxyl groups is 1. The average molecular weight is 234 g/mol. The van der Waals surface area contributed by atoms with Crippen molar-refractivity contribution in [1.82, 2.24) is 4.90 Å². The fourth-order valence-corrected chi connectivity index (χ4v) is 3.03. The minimum Gasteiger partial charge on any atom is -0.394 e. The molecule has 1 saturated heterocycles. The van der Waals surface area contributed by atoms with Crippen molar-refractivity contribution in [3.63, 3.8) is 0 Å². The number of anilines is 1. The van der Waals surface area contributed by atoms with E-state index in [0.29, 0.717) is 0 Å². The minimum absolute atomic E-state index is 0.0434. The standard InChI is InChI=1S/C14H22N2O/c1-14(2)11-15(3)9-13(10-17)16(14)12-7-5-4-6-8-12/h4-8,13,17H,9-11H2,1-3H3. The molecule has 0 aromatic heterocycles. The lowest BCUT2D eigenvalue weighted by Crippen LogP contribution is -2.64. The van der Waals surface area contributed by atoms with E-state index < -0.39 is 0 Å². The zero-order valence-electron chi connectivity index (χ0n) is 10.9. The molecular weight excluding hydrogens is 212 g/mol. The van der Waals surface area contributed by atoms with Crippen molar-refractivity contribution in [2.24, 2.45) is 0 Å². The Morgan fingerprint density at radius 2 is 1.94 bits per heavy atom. The van der Waals surface area contributed by atoms with Gasteiger partial charge in [-0.1, -0.05) is 18.2 Å². The van der Waals surface area contributed by atoms with Gasteiger partial charge in [-0.05, 0) is 33.0 Å². The van der Waals surface area contributed by atoms with Crippen molar-refractivity contribution in [3.8, 4) is 0 Å². The second kappa shape index (κ2) is 4.67. The van der Waals surface area contributed by atoms with Crippen LogP contribution in [-0.2, 0) is 0 Å². The van der Waals surface area contributed by atoms with Crippen LogP contribution < -0.4 is 4.90 Å². The van der Waals surface area contributed by atoms with Crippen molar-refractivity contribution >= 4 is 5.69 Å². The molecule has 2 rings (SSSR count). The van der Waals surface area contributed by atoms with Crippen LogP contribution in [0.5, 0.6) is 0 Å². The molecule has 1 heterocycles. The van der Waals surface area contributed by atoms with Crippen LogP contribution >= 0.6 is 0 Å². The third-order valence-electron chi connectivity index (χ3n) is 3.44. The van der Waals surface area contributed by atoms with Gasteiger partial charge in [0.2, 0.25) is 0 Å². The summed E-state index contributed by atoms with van der Waals surface area (Å²) in [5.41, 5.74) is 1.24. The van der Waals surface area contributed by atoms with Gasteiger partial charge in [0.1, 0.15) is 0 Å². The smallest absolute Gasteiger partial charge is 0.0653 e. The van der Waals surface area contributed by atoms with Crippen LogP contribution in [0.3, 0.4) is 0 Å². The molecule has 1 fully saturated rings. The monoisotopic (exact) mass is 234 g/mol. The number of benzene rings is 1. The van der Waals surface area contributed by atoms with Gasteiger partial charge in [0.15, 0.2) is 0 Å². The minimum atomic E-state index is 0.0434. The maximum Gasteiger partial charge on any atom is 0.0653 e. The van der Waals surface area contributed by atoms with Crippen molar-refractivity contribution in [2.75, 3.05) is 31.6 Å². The van der Waals surface area contributed by atoms with E-state index >= 15 is 0 Å². The summed E-state index contributed by atoms with van der Waals surface area (Å²) < 4.78 is 0. The molecular formula is C14H22N2O. The number of para-hydroxylation sites is 1. The summed E-state index contributed by atoms with van der Waals surface area (Å²) in [4.78, 5) is 4.65. The first-order valence-electron chi connectivity index (χ1n) is 6.18. The molecule has 94 valence electrons. The Morgan fingerprint density at radius 3 is 2.53 bits per heavy atom. The van der Waals surface area contributed by atoms with Gasteiger partial charge >= 0.3 is 0 Å². The summed E-state index contributed by atoms with van der Waals surface area (Å²) in [6, 6.07) is 10.5. The predicted molar refractivity (Wildman–Crippen MR) is 71.4 cm³/mol. The quantitative estimate of drug-likeness (QED) is 0.841.